The Hall–Kier alpha value is -2.01. The van der Waals surface area contributed by atoms with Crippen LogP contribution in [0.2, 0.25) is 0 Å². The molecule has 3 N–H and O–H groups in total. The maximum atomic E-state index is 10.5. The fourth-order valence-electron chi connectivity index (χ4n) is 2.09. The first-order chi connectivity index (χ1) is 9.58. The van der Waals surface area contributed by atoms with Crippen LogP contribution < -0.4 is 4.74 Å². The number of carboxylic acids is 1. The maximum Gasteiger partial charge on any atom is 0.305 e. The van der Waals surface area contributed by atoms with Crippen molar-refractivity contribution in [3.63, 3.8) is 0 Å². The zero-order valence-corrected chi connectivity index (χ0v) is 11.4. The van der Waals surface area contributed by atoms with Gasteiger partial charge in [0.2, 0.25) is 0 Å². The van der Waals surface area contributed by atoms with E-state index in [-0.39, 0.29) is 12.3 Å². The number of nitrogens with one attached hydrogen (secondary N) is 1. The Morgan fingerprint density at radius 3 is 2.90 bits per heavy atom. The first kappa shape index (κ1) is 14.4. The van der Waals surface area contributed by atoms with Gasteiger partial charge in [0.15, 0.2) is 0 Å². The average molecular weight is 277 g/mol. The number of carboxylic acid groups (broad SMARTS) is 1. The van der Waals surface area contributed by atoms with Crippen LogP contribution in [0, 0.1) is 5.92 Å². The molecule has 2 unspecified atom stereocenters. The minimum Gasteiger partial charge on any atom is -0.491 e. The molecule has 0 amide bonds. The van der Waals surface area contributed by atoms with Crippen LogP contribution in [0.3, 0.4) is 0 Å². The molecule has 0 aliphatic carbocycles. The number of carbonyl (C=O) groups is 1. The number of aliphatic hydroxyl groups is 1. The van der Waals surface area contributed by atoms with E-state index in [4.69, 9.17) is 9.84 Å². The zero-order chi connectivity index (χ0) is 14.5. The summed E-state index contributed by atoms with van der Waals surface area (Å²) >= 11 is 0. The predicted octanol–water partition coefficient (Wildman–Crippen LogP) is 2.41. The molecule has 1 heterocycles. The Morgan fingerprint density at radius 2 is 2.15 bits per heavy atom. The summed E-state index contributed by atoms with van der Waals surface area (Å²) in [7, 11) is 0. The smallest absolute Gasteiger partial charge is 0.305 e. The average Bonchev–Trinajstić information content (AvgIpc) is 2.81. The number of aromatic amines is 1. The molecule has 0 radical (unpaired) electrons. The van der Waals surface area contributed by atoms with Gasteiger partial charge in [-0.05, 0) is 24.5 Å². The van der Waals surface area contributed by atoms with Crippen LogP contribution in [-0.2, 0) is 4.79 Å². The molecule has 1 aromatic heterocycles. The number of aliphatic carboxylic acids is 1. The molecule has 0 saturated carbocycles. The summed E-state index contributed by atoms with van der Waals surface area (Å²) in [6.45, 7) is 2.27. The van der Waals surface area contributed by atoms with Gasteiger partial charge in [-0.25, -0.2) is 0 Å². The zero-order valence-electron chi connectivity index (χ0n) is 11.4. The highest BCUT2D eigenvalue weighted by Gasteiger charge is 2.17. The van der Waals surface area contributed by atoms with E-state index in [2.05, 4.69) is 4.98 Å². The van der Waals surface area contributed by atoms with Crippen LogP contribution in [0.5, 0.6) is 5.75 Å². The number of rotatable bonds is 7. The highest BCUT2D eigenvalue weighted by molar-refractivity contribution is 5.85. The van der Waals surface area contributed by atoms with Crippen molar-refractivity contribution in [1.82, 2.24) is 4.98 Å². The van der Waals surface area contributed by atoms with Crippen molar-refractivity contribution in [2.75, 3.05) is 6.61 Å². The fraction of sp³-hybridized carbons (Fsp3) is 0.400. The molecule has 0 fully saturated rings. The van der Waals surface area contributed by atoms with Gasteiger partial charge in [-0.3, -0.25) is 4.79 Å². The Morgan fingerprint density at radius 1 is 1.40 bits per heavy atom. The highest BCUT2D eigenvalue weighted by atomic mass is 16.5. The van der Waals surface area contributed by atoms with Crippen molar-refractivity contribution >= 4 is 16.9 Å². The van der Waals surface area contributed by atoms with E-state index in [1.54, 1.807) is 0 Å². The number of hydrogen-bond donors (Lipinski definition) is 3. The van der Waals surface area contributed by atoms with Gasteiger partial charge in [0.05, 0.1) is 19.1 Å². The first-order valence-corrected chi connectivity index (χ1v) is 6.66. The summed E-state index contributed by atoms with van der Waals surface area (Å²) in [6, 6.07) is 7.85. The van der Waals surface area contributed by atoms with Crippen molar-refractivity contribution in [3.8, 4) is 5.75 Å². The molecule has 0 aliphatic rings. The van der Waals surface area contributed by atoms with Crippen molar-refractivity contribution in [2.24, 2.45) is 5.92 Å². The lowest BCUT2D eigenvalue weighted by atomic mass is 9.99. The standard InChI is InChI=1S/C15H19NO4/c1-10(13(17)8-15(18)19)6-7-20-14-9-16-12-5-3-2-4-11(12)14/h2-5,9-10,13,16-17H,6-8H2,1H3,(H,18,19). The normalized spacial score (nSPS) is 14.1. The number of aromatic nitrogens is 1. The predicted molar refractivity (Wildman–Crippen MR) is 75.8 cm³/mol. The molecule has 0 aliphatic heterocycles. The molecule has 5 nitrogen and oxygen atoms in total. The highest BCUT2D eigenvalue weighted by Crippen LogP contribution is 2.25. The molecule has 0 saturated heterocycles. The summed E-state index contributed by atoms with van der Waals surface area (Å²) in [5.41, 5.74) is 1.02. The molecule has 20 heavy (non-hydrogen) atoms. The van der Waals surface area contributed by atoms with Gasteiger partial charge < -0.3 is 19.9 Å². The second-order valence-corrected chi connectivity index (χ2v) is 4.98. The second-order valence-electron chi connectivity index (χ2n) is 4.98. The van der Waals surface area contributed by atoms with E-state index >= 15 is 0 Å². The lowest BCUT2D eigenvalue weighted by Gasteiger charge is -2.17. The molecule has 108 valence electrons. The fourth-order valence-corrected chi connectivity index (χ4v) is 2.09. The molecule has 2 aromatic rings. The molecule has 5 heteroatoms. The molecule has 1 aromatic carbocycles. The molecule has 2 atom stereocenters. The third-order valence-corrected chi connectivity index (χ3v) is 3.42. The van der Waals surface area contributed by atoms with E-state index in [1.165, 1.54) is 0 Å². The number of benzene rings is 1. The number of hydrogen-bond acceptors (Lipinski definition) is 3. The molecule has 0 spiro atoms. The minimum atomic E-state index is -0.984. The van der Waals surface area contributed by atoms with Gasteiger partial charge in [-0.2, -0.15) is 0 Å². The van der Waals surface area contributed by atoms with Gasteiger partial charge in [0.25, 0.3) is 0 Å². The lowest BCUT2D eigenvalue weighted by Crippen LogP contribution is -2.23. The number of para-hydroxylation sites is 1. The van der Waals surface area contributed by atoms with Gasteiger partial charge >= 0.3 is 5.97 Å². The Labute approximate surface area is 117 Å². The van der Waals surface area contributed by atoms with Gasteiger partial charge in [-0.15, -0.1) is 0 Å². The maximum absolute atomic E-state index is 10.5. The monoisotopic (exact) mass is 277 g/mol. The summed E-state index contributed by atoms with van der Waals surface area (Å²) in [4.78, 5) is 13.6. The summed E-state index contributed by atoms with van der Waals surface area (Å²) in [6.07, 6.45) is 1.35. The molecular formula is C15H19NO4. The van der Waals surface area contributed by atoms with Crippen LogP contribution in [0.15, 0.2) is 30.5 Å². The molecule has 2 rings (SSSR count). The van der Waals surface area contributed by atoms with Crippen molar-refractivity contribution < 1.29 is 19.7 Å². The topological polar surface area (TPSA) is 82.5 Å². The van der Waals surface area contributed by atoms with E-state index in [0.717, 1.165) is 16.7 Å². The van der Waals surface area contributed by atoms with Crippen LogP contribution >= 0.6 is 0 Å². The van der Waals surface area contributed by atoms with Gasteiger partial charge in [0, 0.05) is 17.1 Å². The quantitative estimate of drug-likeness (QED) is 0.725. The van der Waals surface area contributed by atoms with Crippen molar-refractivity contribution in [1.29, 1.82) is 0 Å². The number of H-pyrrole nitrogens is 1. The van der Waals surface area contributed by atoms with Crippen molar-refractivity contribution in [3.05, 3.63) is 30.5 Å². The lowest BCUT2D eigenvalue weighted by molar-refractivity contribution is -0.139. The third kappa shape index (κ3) is 3.51. The van der Waals surface area contributed by atoms with Crippen molar-refractivity contribution in [2.45, 2.75) is 25.9 Å². The SMILES string of the molecule is CC(CCOc1c[nH]c2ccccc12)C(O)CC(=O)O. The second kappa shape index (κ2) is 6.43. The van der Waals surface area contributed by atoms with Crippen LogP contribution in [-0.4, -0.2) is 33.9 Å². The molecule has 0 bridgehead atoms. The van der Waals surface area contributed by atoms with E-state index in [1.807, 2.05) is 37.4 Å². The third-order valence-electron chi connectivity index (χ3n) is 3.42. The van der Waals surface area contributed by atoms with Gasteiger partial charge in [-0.1, -0.05) is 19.1 Å². The Kier molecular flexibility index (Phi) is 4.63. The molecular weight excluding hydrogens is 258 g/mol. The van der Waals surface area contributed by atoms with E-state index in [0.29, 0.717) is 13.0 Å². The first-order valence-electron chi connectivity index (χ1n) is 6.66. The van der Waals surface area contributed by atoms with Crippen LogP contribution in [0.4, 0.5) is 0 Å². The number of ether oxygens (including phenoxy) is 1. The summed E-state index contributed by atoms with van der Waals surface area (Å²) in [5.74, 6) is -0.321. The van der Waals surface area contributed by atoms with Gasteiger partial charge in [0.1, 0.15) is 5.75 Å². The summed E-state index contributed by atoms with van der Waals surface area (Å²) in [5, 5.41) is 19.3. The van der Waals surface area contributed by atoms with E-state index in [9.17, 15) is 9.90 Å². The number of aliphatic hydroxyl groups excluding tert-OH is 1. The Bertz CT molecular complexity index is 578. The van der Waals surface area contributed by atoms with E-state index < -0.39 is 12.1 Å². The minimum absolute atomic E-state index is 0.115. The largest absolute Gasteiger partial charge is 0.491 e. The summed E-state index contributed by atoms with van der Waals surface area (Å²) < 4.78 is 5.70. The Balaban J connectivity index is 1.85. The van der Waals surface area contributed by atoms with Crippen LogP contribution in [0.25, 0.3) is 10.9 Å². The van der Waals surface area contributed by atoms with Crippen LogP contribution in [0.1, 0.15) is 19.8 Å². The number of fused-ring (bicyclic) bond motifs is 1.